The van der Waals surface area contributed by atoms with Gasteiger partial charge in [0.1, 0.15) is 0 Å². The molecule has 2 heterocycles. The maximum absolute atomic E-state index is 12.6. The van der Waals surface area contributed by atoms with E-state index in [0.29, 0.717) is 32.2 Å². The third-order valence-electron chi connectivity index (χ3n) is 8.04. The second kappa shape index (κ2) is 18.7. The maximum atomic E-state index is 12.6. The molecule has 0 spiro atoms. The molecule has 2 rings (SSSR count). The van der Waals surface area contributed by atoms with E-state index in [1.807, 2.05) is 0 Å². The Hall–Kier alpha value is -2.08. The number of imide groups is 2. The molecule has 244 valence electrons. The molecular formula is C31H52N4O6S2. The molecule has 2 saturated heterocycles. The van der Waals surface area contributed by atoms with Crippen molar-refractivity contribution in [2.45, 2.75) is 121 Å². The molecule has 0 radical (unpaired) electrons. The fraction of sp³-hybridized carbons (Fsp3) is 0.806. The van der Waals surface area contributed by atoms with Crippen molar-refractivity contribution >= 4 is 59.0 Å². The quantitative estimate of drug-likeness (QED) is 0.151. The van der Waals surface area contributed by atoms with Gasteiger partial charge in [0.2, 0.25) is 35.4 Å². The molecule has 2 aliphatic heterocycles. The number of nitrogens with zero attached hydrogens (tertiary/aromatic N) is 2. The molecule has 6 amide bonds. The lowest BCUT2D eigenvalue weighted by atomic mass is 9.83. The highest BCUT2D eigenvalue weighted by molar-refractivity contribution is 8.00. The average Bonchev–Trinajstić information content (AvgIpc) is 3.34. The van der Waals surface area contributed by atoms with Gasteiger partial charge in [-0.15, -0.1) is 23.5 Å². The summed E-state index contributed by atoms with van der Waals surface area (Å²) in [4.78, 5) is 74.3. The standard InChI is InChI=1S/C31H52N4O6S2/c1-31(2,3)24(33-26(37)16-9-7-13-19-43-23-21-28(39)35(5)30(23)41)14-10-11-17-32-25(36)15-8-6-12-18-42-22-20-27(38)34(4)29(22)40/h22-24H,6-21H2,1-5H3,(H,32,36)(H,33,37). The molecule has 0 aromatic carbocycles. The van der Waals surface area contributed by atoms with E-state index >= 15 is 0 Å². The second-order valence-corrected chi connectivity index (χ2v) is 15.3. The van der Waals surface area contributed by atoms with Gasteiger partial charge in [-0.3, -0.25) is 38.6 Å². The van der Waals surface area contributed by atoms with Gasteiger partial charge in [-0.25, -0.2) is 0 Å². The van der Waals surface area contributed by atoms with Crippen LogP contribution in [0.4, 0.5) is 0 Å². The zero-order chi connectivity index (χ0) is 32.0. The Kier molecular flexibility index (Phi) is 16.1. The monoisotopic (exact) mass is 640 g/mol. The highest BCUT2D eigenvalue weighted by Gasteiger charge is 2.36. The zero-order valence-electron chi connectivity index (χ0n) is 26.7. The van der Waals surface area contributed by atoms with E-state index in [1.165, 1.54) is 47.4 Å². The fourth-order valence-corrected chi connectivity index (χ4v) is 7.49. The van der Waals surface area contributed by atoms with Crippen LogP contribution in [0.2, 0.25) is 0 Å². The van der Waals surface area contributed by atoms with Crippen molar-refractivity contribution in [2.75, 3.05) is 32.1 Å². The van der Waals surface area contributed by atoms with Crippen LogP contribution in [0.1, 0.15) is 104 Å². The first-order valence-electron chi connectivity index (χ1n) is 15.7. The van der Waals surface area contributed by atoms with E-state index in [-0.39, 0.29) is 57.4 Å². The van der Waals surface area contributed by atoms with Crippen molar-refractivity contribution in [3.05, 3.63) is 0 Å². The SMILES string of the molecule is CN1C(=O)CC(SCCCCCC(=O)NCCCCC(NC(=O)CCCCCSC2CC(=O)N(C)C2=O)C(C)(C)C)C1=O. The summed E-state index contributed by atoms with van der Waals surface area (Å²) in [5.41, 5.74) is -0.0667. The van der Waals surface area contributed by atoms with E-state index in [9.17, 15) is 28.8 Å². The first kappa shape index (κ1) is 37.1. The van der Waals surface area contributed by atoms with Crippen LogP contribution in [0.15, 0.2) is 0 Å². The van der Waals surface area contributed by atoms with Crippen molar-refractivity contribution in [3.63, 3.8) is 0 Å². The Morgan fingerprint density at radius 3 is 1.67 bits per heavy atom. The molecule has 0 aromatic rings. The topological polar surface area (TPSA) is 133 Å². The van der Waals surface area contributed by atoms with Gasteiger partial charge in [0.05, 0.1) is 10.5 Å². The highest BCUT2D eigenvalue weighted by Crippen LogP contribution is 2.27. The smallest absolute Gasteiger partial charge is 0.242 e. The summed E-state index contributed by atoms with van der Waals surface area (Å²) < 4.78 is 0. The summed E-state index contributed by atoms with van der Waals surface area (Å²) >= 11 is 3.08. The number of hydrogen-bond donors (Lipinski definition) is 2. The summed E-state index contributed by atoms with van der Waals surface area (Å²) in [6, 6.07) is 0.0603. The van der Waals surface area contributed by atoms with Gasteiger partial charge in [0.15, 0.2) is 0 Å². The normalized spacial score (nSPS) is 19.8. The fourth-order valence-electron chi connectivity index (χ4n) is 5.06. The van der Waals surface area contributed by atoms with E-state index in [0.717, 1.165) is 69.3 Å². The maximum Gasteiger partial charge on any atom is 0.242 e. The lowest BCUT2D eigenvalue weighted by Crippen LogP contribution is -2.43. The number of carbonyl (C=O) groups excluding carboxylic acids is 6. The minimum absolute atomic E-state index is 0.0561. The average molecular weight is 641 g/mol. The third-order valence-corrected chi connectivity index (χ3v) is 10.6. The van der Waals surface area contributed by atoms with Crippen molar-refractivity contribution < 1.29 is 28.8 Å². The molecule has 3 unspecified atom stereocenters. The van der Waals surface area contributed by atoms with Crippen molar-refractivity contribution in [3.8, 4) is 0 Å². The molecule has 2 aliphatic rings. The van der Waals surface area contributed by atoms with E-state index in [4.69, 9.17) is 0 Å². The summed E-state index contributed by atoms with van der Waals surface area (Å²) in [6.07, 6.45) is 9.43. The van der Waals surface area contributed by atoms with Crippen LogP contribution in [0.3, 0.4) is 0 Å². The summed E-state index contributed by atoms with van der Waals surface area (Å²) in [6.45, 7) is 7.02. The van der Waals surface area contributed by atoms with Gasteiger partial charge >= 0.3 is 0 Å². The lowest BCUT2D eigenvalue weighted by molar-refractivity contribution is -0.138. The third kappa shape index (κ3) is 13.2. The summed E-state index contributed by atoms with van der Waals surface area (Å²) in [5.74, 6) is 1.32. The van der Waals surface area contributed by atoms with Crippen LogP contribution in [0.5, 0.6) is 0 Å². The molecular weight excluding hydrogens is 588 g/mol. The number of unbranched alkanes of at least 4 members (excludes halogenated alkanes) is 5. The van der Waals surface area contributed by atoms with Gasteiger partial charge in [-0.2, -0.15) is 0 Å². The van der Waals surface area contributed by atoms with Crippen LogP contribution >= 0.6 is 23.5 Å². The number of hydrogen-bond acceptors (Lipinski definition) is 8. The number of amides is 6. The Balaban J connectivity index is 1.49. The summed E-state index contributed by atoms with van der Waals surface area (Å²) in [5, 5.41) is 5.71. The van der Waals surface area contributed by atoms with E-state index in [2.05, 4.69) is 31.4 Å². The number of rotatable bonds is 20. The number of likely N-dealkylation sites (tertiary alicyclic amines) is 2. The largest absolute Gasteiger partial charge is 0.356 e. The molecule has 0 aromatic heterocycles. The Morgan fingerprint density at radius 2 is 1.23 bits per heavy atom. The lowest BCUT2D eigenvalue weighted by Gasteiger charge is -2.31. The predicted octanol–water partition coefficient (Wildman–Crippen LogP) is 3.91. The van der Waals surface area contributed by atoms with Crippen LogP contribution in [-0.4, -0.2) is 93.9 Å². The molecule has 0 saturated carbocycles. The van der Waals surface area contributed by atoms with Crippen molar-refractivity contribution in [2.24, 2.45) is 5.41 Å². The number of thioether (sulfide) groups is 2. The van der Waals surface area contributed by atoms with Gasteiger partial charge in [-0.05, 0) is 61.9 Å². The molecule has 0 aliphatic carbocycles. The first-order valence-corrected chi connectivity index (χ1v) is 17.8. The molecule has 10 nitrogen and oxygen atoms in total. The van der Waals surface area contributed by atoms with Gasteiger partial charge in [0, 0.05) is 52.4 Å². The van der Waals surface area contributed by atoms with Gasteiger partial charge in [0.25, 0.3) is 0 Å². The summed E-state index contributed by atoms with van der Waals surface area (Å²) in [7, 11) is 3.07. The van der Waals surface area contributed by atoms with Crippen LogP contribution in [-0.2, 0) is 28.8 Å². The van der Waals surface area contributed by atoms with E-state index < -0.39 is 0 Å². The van der Waals surface area contributed by atoms with Gasteiger partial charge < -0.3 is 10.6 Å². The minimum Gasteiger partial charge on any atom is -0.356 e. The van der Waals surface area contributed by atoms with Crippen LogP contribution in [0.25, 0.3) is 0 Å². The van der Waals surface area contributed by atoms with Crippen LogP contribution in [0, 0.1) is 5.41 Å². The Labute approximate surface area is 266 Å². The van der Waals surface area contributed by atoms with Gasteiger partial charge in [-0.1, -0.05) is 33.6 Å². The van der Waals surface area contributed by atoms with E-state index in [1.54, 1.807) is 0 Å². The molecule has 2 fully saturated rings. The highest BCUT2D eigenvalue weighted by atomic mass is 32.2. The van der Waals surface area contributed by atoms with Crippen molar-refractivity contribution in [1.29, 1.82) is 0 Å². The number of carbonyl (C=O) groups is 6. The predicted molar refractivity (Wildman–Crippen MR) is 172 cm³/mol. The Morgan fingerprint density at radius 1 is 0.744 bits per heavy atom. The molecule has 43 heavy (non-hydrogen) atoms. The van der Waals surface area contributed by atoms with Crippen molar-refractivity contribution in [1.82, 2.24) is 20.4 Å². The molecule has 12 heteroatoms. The Bertz CT molecular complexity index is 986. The molecule has 2 N–H and O–H groups in total. The molecule has 0 bridgehead atoms. The molecule has 3 atom stereocenters. The minimum atomic E-state index is -0.254. The number of nitrogens with one attached hydrogen (secondary N) is 2. The first-order chi connectivity index (χ1) is 20.3. The zero-order valence-corrected chi connectivity index (χ0v) is 28.3. The second-order valence-electron chi connectivity index (χ2n) is 12.7. The van der Waals surface area contributed by atoms with Crippen LogP contribution < -0.4 is 10.6 Å².